The largest absolute Gasteiger partial charge is 0.317 e. The van der Waals surface area contributed by atoms with Gasteiger partial charge < -0.3 is 5.32 Å². The second-order valence-corrected chi connectivity index (χ2v) is 5.95. The van der Waals surface area contributed by atoms with E-state index >= 15 is 0 Å². The first-order chi connectivity index (χ1) is 8.11. The third-order valence-corrected chi connectivity index (χ3v) is 4.04. The van der Waals surface area contributed by atoms with Crippen LogP contribution in [-0.4, -0.2) is 18.8 Å². The summed E-state index contributed by atoms with van der Waals surface area (Å²) in [6.07, 6.45) is 0. The molecule has 0 fully saturated rings. The Morgan fingerprint density at radius 1 is 1.18 bits per heavy atom. The van der Waals surface area contributed by atoms with Crippen LogP contribution >= 0.6 is 11.8 Å². The third-order valence-electron chi connectivity index (χ3n) is 2.70. The average molecular weight is 251 g/mol. The molecule has 1 nitrogen and oxygen atoms in total. The number of hydrogen-bond acceptors (Lipinski definition) is 2. The van der Waals surface area contributed by atoms with Crippen LogP contribution in [0, 0.1) is 19.8 Å². The molecule has 1 aromatic rings. The minimum absolute atomic E-state index is 0.755. The molecule has 0 bridgehead atoms. The molecular formula is C15H25NS. The van der Waals surface area contributed by atoms with E-state index in [0.717, 1.165) is 24.8 Å². The predicted molar refractivity (Wildman–Crippen MR) is 79.8 cm³/mol. The highest BCUT2D eigenvalue weighted by Gasteiger charge is 2.02. The Labute approximate surface area is 110 Å². The van der Waals surface area contributed by atoms with Crippen molar-refractivity contribution in [3.05, 3.63) is 34.9 Å². The van der Waals surface area contributed by atoms with Crippen molar-refractivity contribution in [2.24, 2.45) is 5.92 Å². The zero-order valence-corrected chi connectivity index (χ0v) is 12.4. The molecule has 96 valence electrons. The van der Waals surface area contributed by atoms with Gasteiger partial charge in [-0.15, -0.1) is 0 Å². The Balaban J connectivity index is 2.30. The number of benzene rings is 1. The molecule has 1 atom stereocenters. The second kappa shape index (κ2) is 7.78. The molecule has 0 aliphatic carbocycles. The van der Waals surface area contributed by atoms with E-state index < -0.39 is 0 Å². The van der Waals surface area contributed by atoms with E-state index in [1.807, 2.05) is 11.8 Å². The van der Waals surface area contributed by atoms with Crippen molar-refractivity contribution in [2.45, 2.75) is 33.4 Å². The fourth-order valence-electron chi connectivity index (χ4n) is 1.98. The van der Waals surface area contributed by atoms with Crippen LogP contribution in [0.3, 0.4) is 0 Å². The van der Waals surface area contributed by atoms with Crippen molar-refractivity contribution < 1.29 is 0 Å². The minimum atomic E-state index is 0.755. The van der Waals surface area contributed by atoms with E-state index in [0.29, 0.717) is 0 Å². The molecule has 1 aromatic carbocycles. The van der Waals surface area contributed by atoms with Crippen LogP contribution < -0.4 is 5.32 Å². The van der Waals surface area contributed by atoms with Gasteiger partial charge in [0.2, 0.25) is 0 Å². The standard InChI is InChI=1S/C15H25NS/c1-5-16-9-14(4)10-17-11-15-7-12(2)6-13(3)8-15/h6-8,14,16H,5,9-11H2,1-4H3. The van der Waals surface area contributed by atoms with Gasteiger partial charge in [0.05, 0.1) is 0 Å². The molecule has 0 aliphatic rings. The lowest BCUT2D eigenvalue weighted by molar-refractivity contribution is 0.574. The van der Waals surface area contributed by atoms with Gasteiger partial charge in [-0.3, -0.25) is 0 Å². The van der Waals surface area contributed by atoms with Gasteiger partial charge >= 0.3 is 0 Å². The molecule has 0 saturated heterocycles. The van der Waals surface area contributed by atoms with E-state index in [4.69, 9.17) is 0 Å². The van der Waals surface area contributed by atoms with Crippen LogP contribution in [0.1, 0.15) is 30.5 Å². The maximum Gasteiger partial charge on any atom is 0.0184 e. The molecule has 1 rings (SSSR count). The van der Waals surface area contributed by atoms with Crippen molar-refractivity contribution in [1.82, 2.24) is 5.32 Å². The maximum atomic E-state index is 3.40. The van der Waals surface area contributed by atoms with Gasteiger partial charge in [0, 0.05) is 5.75 Å². The summed E-state index contributed by atoms with van der Waals surface area (Å²) in [5, 5.41) is 3.40. The van der Waals surface area contributed by atoms with E-state index in [1.54, 1.807) is 0 Å². The Kier molecular flexibility index (Phi) is 6.68. The highest BCUT2D eigenvalue weighted by molar-refractivity contribution is 7.98. The Morgan fingerprint density at radius 2 is 1.82 bits per heavy atom. The van der Waals surface area contributed by atoms with Gasteiger partial charge in [-0.2, -0.15) is 11.8 Å². The Hall–Kier alpha value is -0.470. The highest BCUT2D eigenvalue weighted by Crippen LogP contribution is 2.17. The number of thioether (sulfide) groups is 1. The first-order valence-corrected chi connectivity index (χ1v) is 7.63. The fourth-order valence-corrected chi connectivity index (χ4v) is 3.02. The third kappa shape index (κ3) is 6.13. The predicted octanol–water partition coefficient (Wildman–Crippen LogP) is 3.78. The Bertz CT molecular complexity index is 315. The first kappa shape index (κ1) is 14.6. The molecule has 1 N–H and O–H groups in total. The van der Waals surface area contributed by atoms with Crippen molar-refractivity contribution >= 4 is 11.8 Å². The normalized spacial score (nSPS) is 12.7. The quantitative estimate of drug-likeness (QED) is 0.791. The lowest BCUT2D eigenvalue weighted by Gasteiger charge is -2.11. The van der Waals surface area contributed by atoms with Gasteiger partial charge in [0.15, 0.2) is 0 Å². The number of rotatable bonds is 7. The van der Waals surface area contributed by atoms with Crippen LogP contribution in [0.2, 0.25) is 0 Å². The van der Waals surface area contributed by atoms with Crippen molar-refractivity contribution in [3.8, 4) is 0 Å². The van der Waals surface area contributed by atoms with Crippen LogP contribution in [0.15, 0.2) is 18.2 Å². The van der Waals surface area contributed by atoms with Gasteiger partial charge in [-0.25, -0.2) is 0 Å². The molecule has 0 saturated carbocycles. The second-order valence-electron chi connectivity index (χ2n) is 4.92. The van der Waals surface area contributed by atoms with Crippen molar-refractivity contribution in [3.63, 3.8) is 0 Å². The fraction of sp³-hybridized carbons (Fsp3) is 0.600. The summed E-state index contributed by atoms with van der Waals surface area (Å²) < 4.78 is 0. The van der Waals surface area contributed by atoms with E-state index in [-0.39, 0.29) is 0 Å². The summed E-state index contributed by atoms with van der Waals surface area (Å²) >= 11 is 2.04. The molecule has 0 amide bonds. The summed E-state index contributed by atoms with van der Waals surface area (Å²) in [6.45, 7) is 11.0. The highest BCUT2D eigenvalue weighted by atomic mass is 32.2. The monoisotopic (exact) mass is 251 g/mol. The number of aryl methyl sites for hydroxylation is 2. The maximum absolute atomic E-state index is 3.40. The molecular weight excluding hydrogens is 226 g/mol. The first-order valence-electron chi connectivity index (χ1n) is 6.47. The van der Waals surface area contributed by atoms with Crippen LogP contribution in [0.4, 0.5) is 0 Å². The molecule has 2 heteroatoms. The summed E-state index contributed by atoms with van der Waals surface area (Å²) in [5.74, 6) is 3.13. The smallest absolute Gasteiger partial charge is 0.0184 e. The SMILES string of the molecule is CCNCC(C)CSCc1cc(C)cc(C)c1. The Morgan fingerprint density at radius 3 is 2.41 bits per heavy atom. The van der Waals surface area contributed by atoms with Crippen molar-refractivity contribution in [1.29, 1.82) is 0 Å². The molecule has 0 radical (unpaired) electrons. The van der Waals surface area contributed by atoms with Gasteiger partial charge in [-0.05, 0) is 44.2 Å². The molecule has 1 unspecified atom stereocenters. The van der Waals surface area contributed by atoms with Crippen molar-refractivity contribution in [2.75, 3.05) is 18.8 Å². The van der Waals surface area contributed by atoms with Crippen LogP contribution in [0.25, 0.3) is 0 Å². The molecule has 0 heterocycles. The summed E-state index contributed by atoms with van der Waals surface area (Å²) in [5.41, 5.74) is 4.21. The molecule has 0 aromatic heterocycles. The van der Waals surface area contributed by atoms with Gasteiger partial charge in [0.1, 0.15) is 0 Å². The molecule has 17 heavy (non-hydrogen) atoms. The number of nitrogens with one attached hydrogen (secondary N) is 1. The van der Waals surface area contributed by atoms with Gasteiger partial charge in [-0.1, -0.05) is 43.2 Å². The summed E-state index contributed by atoms with van der Waals surface area (Å²) in [6, 6.07) is 6.84. The molecule has 0 aliphatic heterocycles. The lowest BCUT2D eigenvalue weighted by atomic mass is 10.1. The topological polar surface area (TPSA) is 12.0 Å². The number of hydrogen-bond donors (Lipinski definition) is 1. The summed E-state index contributed by atoms with van der Waals surface area (Å²) in [4.78, 5) is 0. The zero-order valence-electron chi connectivity index (χ0n) is 11.5. The van der Waals surface area contributed by atoms with Crippen LogP contribution in [0.5, 0.6) is 0 Å². The van der Waals surface area contributed by atoms with E-state index in [1.165, 1.54) is 22.4 Å². The zero-order chi connectivity index (χ0) is 12.7. The van der Waals surface area contributed by atoms with Crippen LogP contribution in [-0.2, 0) is 5.75 Å². The van der Waals surface area contributed by atoms with Gasteiger partial charge in [0.25, 0.3) is 0 Å². The lowest BCUT2D eigenvalue weighted by Crippen LogP contribution is -2.21. The average Bonchev–Trinajstić information content (AvgIpc) is 2.25. The van der Waals surface area contributed by atoms with E-state index in [2.05, 4.69) is 51.2 Å². The molecule has 0 spiro atoms. The van der Waals surface area contributed by atoms with E-state index in [9.17, 15) is 0 Å². The summed E-state index contributed by atoms with van der Waals surface area (Å²) in [7, 11) is 0. The minimum Gasteiger partial charge on any atom is -0.317 e.